The Labute approximate surface area is 514 Å². The molecule has 0 saturated carbocycles. The Balaban J connectivity index is 2.25. The zero-order valence-corrected chi connectivity index (χ0v) is 53.4. The van der Waals surface area contributed by atoms with Gasteiger partial charge in [0.15, 0.2) is 6.29 Å². The van der Waals surface area contributed by atoms with Gasteiger partial charge in [-0.25, -0.2) is 0 Å². The summed E-state index contributed by atoms with van der Waals surface area (Å²) in [5.74, 6) is -0.227. The van der Waals surface area contributed by atoms with Crippen molar-refractivity contribution in [2.24, 2.45) is 0 Å². The molecule has 7 atom stereocenters. The monoisotopic (exact) mass is 1170 g/mol. The van der Waals surface area contributed by atoms with Crippen LogP contribution in [0.5, 0.6) is 0 Å². The van der Waals surface area contributed by atoms with Crippen LogP contribution in [0.15, 0.2) is 146 Å². The maximum absolute atomic E-state index is 13.1. The Bertz CT molecular complexity index is 1830. The molecule has 1 aliphatic rings. The second-order valence-electron chi connectivity index (χ2n) is 22.9. The second kappa shape index (κ2) is 62.1. The molecule has 0 aromatic heterocycles. The summed E-state index contributed by atoms with van der Waals surface area (Å²) >= 11 is 0. The van der Waals surface area contributed by atoms with Crippen molar-refractivity contribution in [2.45, 2.75) is 307 Å². The molecule has 1 aliphatic heterocycles. The Hall–Kier alpha value is -3.93. The first kappa shape index (κ1) is 78.1. The first-order valence-electron chi connectivity index (χ1n) is 34.1. The Morgan fingerprint density at radius 3 is 1.14 bits per heavy atom. The van der Waals surface area contributed by atoms with E-state index in [-0.39, 0.29) is 18.9 Å². The highest BCUT2D eigenvalue weighted by Gasteiger charge is 2.44. The van der Waals surface area contributed by atoms with Gasteiger partial charge in [-0.2, -0.15) is 0 Å². The number of hydrogen-bond donors (Lipinski definition) is 6. The van der Waals surface area contributed by atoms with Gasteiger partial charge in [0.25, 0.3) is 0 Å². The lowest BCUT2D eigenvalue weighted by atomic mass is 9.99. The van der Waals surface area contributed by atoms with Crippen molar-refractivity contribution >= 4 is 5.91 Å². The molecule has 7 unspecified atom stereocenters. The van der Waals surface area contributed by atoms with Crippen LogP contribution in [-0.2, 0) is 14.3 Å². The molecule has 0 bridgehead atoms. The van der Waals surface area contributed by atoms with Crippen molar-refractivity contribution in [3.8, 4) is 0 Å². The molecule has 478 valence electrons. The summed E-state index contributed by atoms with van der Waals surface area (Å²) in [6, 6.07) is -0.860. The van der Waals surface area contributed by atoms with E-state index in [1.54, 1.807) is 6.08 Å². The van der Waals surface area contributed by atoms with Crippen molar-refractivity contribution < 1.29 is 39.8 Å². The number of hydrogen-bond acceptors (Lipinski definition) is 8. The average molecular weight is 1170 g/mol. The molecule has 0 aliphatic carbocycles. The lowest BCUT2D eigenvalue weighted by molar-refractivity contribution is -0.302. The fourth-order valence-corrected chi connectivity index (χ4v) is 9.83. The summed E-state index contributed by atoms with van der Waals surface area (Å²) in [7, 11) is 0. The molecule has 0 spiro atoms. The molecule has 84 heavy (non-hydrogen) atoms. The van der Waals surface area contributed by atoms with E-state index in [1.165, 1.54) is 128 Å². The molecule has 1 heterocycles. The summed E-state index contributed by atoms with van der Waals surface area (Å²) in [5.41, 5.74) is 0. The number of aliphatic hydroxyl groups excluding tert-OH is 5. The maximum Gasteiger partial charge on any atom is 0.220 e. The predicted octanol–water partition coefficient (Wildman–Crippen LogP) is 18.6. The highest BCUT2D eigenvalue weighted by atomic mass is 16.7. The van der Waals surface area contributed by atoms with Crippen LogP contribution in [0, 0.1) is 0 Å². The topological polar surface area (TPSA) is 149 Å². The lowest BCUT2D eigenvalue weighted by Gasteiger charge is -2.40. The van der Waals surface area contributed by atoms with Crippen LogP contribution in [0.2, 0.25) is 0 Å². The molecular weight excluding hydrogens is 1040 g/mol. The standard InChI is InChI=1S/C75H125NO8/c1-3-5-7-9-11-13-15-17-19-21-23-25-27-29-31-33-35-37-39-41-43-45-47-49-51-53-55-57-59-61-63-65-71(79)76-68(67-83-75-74(82)73(81)72(80)70(66-77)84-75)69(78)64-62-60-58-56-54-52-50-48-46-44-42-40-38-36-34-32-30-28-26-24-22-20-18-16-14-12-10-8-6-4-2/h5,7,11,13,17,19,23,25,29,31,35,37,41,43,46-49,53-56,62,64,68-70,72-75,77-78,80-82H,3-4,6,8-10,12,14-16,18,20-22,24,26-28,30,32-34,36,38-40,42,44-45,50-52,57-61,63,65-67H2,1-2H3,(H,76,79)/b7-5-,13-11-,19-17-,25-23-,31-29-,37-35-,43-41-,48-46+,49-47-,55-53-,56-54+,64-62+. The number of rotatable bonds is 57. The molecule has 0 aromatic carbocycles. The van der Waals surface area contributed by atoms with Gasteiger partial charge < -0.3 is 40.3 Å². The first-order valence-corrected chi connectivity index (χ1v) is 34.1. The van der Waals surface area contributed by atoms with Crippen LogP contribution in [0.3, 0.4) is 0 Å². The van der Waals surface area contributed by atoms with E-state index in [0.717, 1.165) is 103 Å². The van der Waals surface area contributed by atoms with E-state index in [1.807, 2.05) is 6.08 Å². The summed E-state index contributed by atoms with van der Waals surface area (Å²) in [6.45, 7) is 3.63. The fraction of sp³-hybridized carbons (Fsp3) is 0.667. The summed E-state index contributed by atoms with van der Waals surface area (Å²) in [6.07, 6.45) is 89.4. The van der Waals surface area contributed by atoms with Crippen molar-refractivity contribution in [2.75, 3.05) is 13.2 Å². The zero-order chi connectivity index (χ0) is 60.7. The van der Waals surface area contributed by atoms with Crippen LogP contribution in [0.4, 0.5) is 0 Å². The predicted molar refractivity (Wildman–Crippen MR) is 359 cm³/mol. The molecule has 0 radical (unpaired) electrons. The SMILES string of the molecule is CC/C=C\C/C=C\C/C=C\C/C=C\C/C=C\C/C=C\C/C=C\C/C=C\C/C=C\CCCCCC(=O)NC(COC1OC(CO)C(O)C(O)C1O)C(O)/C=C/CC/C=C/CC/C=C/CCCCCCCCCCCCCCCCCCCCCC. The van der Waals surface area contributed by atoms with E-state index in [2.05, 4.69) is 153 Å². The molecule has 9 heteroatoms. The summed E-state index contributed by atoms with van der Waals surface area (Å²) < 4.78 is 11.3. The van der Waals surface area contributed by atoms with Gasteiger partial charge in [0.2, 0.25) is 5.91 Å². The molecule has 1 saturated heterocycles. The molecule has 0 aromatic rings. The normalized spacial score (nSPS) is 19.2. The van der Waals surface area contributed by atoms with E-state index < -0.39 is 49.5 Å². The van der Waals surface area contributed by atoms with Crippen molar-refractivity contribution in [3.63, 3.8) is 0 Å². The number of aliphatic hydroxyl groups is 5. The molecule has 1 fully saturated rings. The van der Waals surface area contributed by atoms with E-state index >= 15 is 0 Å². The molecule has 1 amide bonds. The van der Waals surface area contributed by atoms with Crippen LogP contribution in [-0.4, -0.2) is 87.5 Å². The van der Waals surface area contributed by atoms with Crippen LogP contribution >= 0.6 is 0 Å². The lowest BCUT2D eigenvalue weighted by Crippen LogP contribution is -2.60. The van der Waals surface area contributed by atoms with Crippen molar-refractivity contribution in [3.05, 3.63) is 146 Å². The number of amides is 1. The fourth-order valence-electron chi connectivity index (χ4n) is 9.83. The van der Waals surface area contributed by atoms with Gasteiger partial charge in [-0.1, -0.05) is 288 Å². The Kier molecular flexibility index (Phi) is 57.8. The molecular formula is C75H125NO8. The van der Waals surface area contributed by atoms with Gasteiger partial charge in [0.1, 0.15) is 24.4 Å². The van der Waals surface area contributed by atoms with E-state index in [0.29, 0.717) is 12.8 Å². The zero-order valence-electron chi connectivity index (χ0n) is 53.4. The van der Waals surface area contributed by atoms with Gasteiger partial charge in [-0.05, 0) is 116 Å². The van der Waals surface area contributed by atoms with Gasteiger partial charge >= 0.3 is 0 Å². The van der Waals surface area contributed by atoms with Crippen LogP contribution < -0.4 is 5.32 Å². The number of unbranched alkanes of at least 4 members (excludes halogenated alkanes) is 25. The van der Waals surface area contributed by atoms with Crippen LogP contribution in [0.1, 0.15) is 264 Å². The average Bonchev–Trinajstić information content (AvgIpc) is 3.70. The van der Waals surface area contributed by atoms with Gasteiger partial charge in [0, 0.05) is 6.42 Å². The Morgan fingerprint density at radius 2 is 0.750 bits per heavy atom. The maximum atomic E-state index is 13.1. The van der Waals surface area contributed by atoms with Crippen LogP contribution in [0.25, 0.3) is 0 Å². The summed E-state index contributed by atoms with van der Waals surface area (Å²) in [4.78, 5) is 13.1. The minimum atomic E-state index is -1.59. The Morgan fingerprint density at radius 1 is 0.417 bits per heavy atom. The second-order valence-corrected chi connectivity index (χ2v) is 22.9. The van der Waals surface area contributed by atoms with Crippen molar-refractivity contribution in [1.29, 1.82) is 0 Å². The largest absolute Gasteiger partial charge is 0.394 e. The third-order valence-corrected chi connectivity index (χ3v) is 15.1. The van der Waals surface area contributed by atoms with Crippen molar-refractivity contribution in [1.82, 2.24) is 5.32 Å². The van der Waals surface area contributed by atoms with Gasteiger partial charge in [-0.15, -0.1) is 0 Å². The highest BCUT2D eigenvalue weighted by molar-refractivity contribution is 5.76. The smallest absolute Gasteiger partial charge is 0.220 e. The molecule has 6 N–H and O–H groups in total. The number of allylic oxidation sites excluding steroid dienone is 23. The first-order chi connectivity index (χ1) is 41.3. The summed E-state index contributed by atoms with van der Waals surface area (Å²) in [5, 5.41) is 54.7. The number of carbonyl (C=O) groups excluding carboxylic acids is 1. The van der Waals surface area contributed by atoms with Gasteiger partial charge in [0.05, 0.1) is 25.4 Å². The minimum Gasteiger partial charge on any atom is -0.394 e. The highest BCUT2D eigenvalue weighted by Crippen LogP contribution is 2.23. The quantitative estimate of drug-likeness (QED) is 0.0261. The minimum absolute atomic E-state index is 0.227. The third kappa shape index (κ3) is 50.2. The number of carbonyl (C=O) groups is 1. The number of ether oxygens (including phenoxy) is 2. The molecule has 9 nitrogen and oxygen atoms in total. The number of nitrogens with one attached hydrogen (secondary N) is 1. The van der Waals surface area contributed by atoms with E-state index in [9.17, 15) is 30.3 Å². The van der Waals surface area contributed by atoms with Gasteiger partial charge in [-0.3, -0.25) is 4.79 Å². The third-order valence-electron chi connectivity index (χ3n) is 15.1. The molecule has 1 rings (SSSR count). The van der Waals surface area contributed by atoms with E-state index in [4.69, 9.17) is 9.47 Å².